The van der Waals surface area contributed by atoms with Crippen LogP contribution in [0.2, 0.25) is 0 Å². The SMILES string of the molecule is CCCN1CCC(OC2CCC(CC)CC2)CC1. The second-order valence-corrected chi connectivity index (χ2v) is 6.23. The second kappa shape index (κ2) is 7.49. The molecule has 0 amide bonds. The molecular formula is C16H31NO. The summed E-state index contributed by atoms with van der Waals surface area (Å²) in [6, 6.07) is 0. The first-order valence-electron chi connectivity index (χ1n) is 8.19. The highest BCUT2D eigenvalue weighted by molar-refractivity contribution is 4.77. The van der Waals surface area contributed by atoms with Gasteiger partial charge in [0.15, 0.2) is 0 Å². The van der Waals surface area contributed by atoms with Crippen LogP contribution in [0.4, 0.5) is 0 Å². The molecule has 2 rings (SSSR count). The van der Waals surface area contributed by atoms with Gasteiger partial charge in [-0.05, 0) is 57.4 Å². The van der Waals surface area contributed by atoms with E-state index in [4.69, 9.17) is 4.74 Å². The van der Waals surface area contributed by atoms with Gasteiger partial charge in [0.1, 0.15) is 0 Å². The summed E-state index contributed by atoms with van der Waals surface area (Å²) in [6.07, 6.45) is 11.7. The smallest absolute Gasteiger partial charge is 0.0603 e. The van der Waals surface area contributed by atoms with E-state index in [0.29, 0.717) is 12.2 Å². The van der Waals surface area contributed by atoms with Crippen LogP contribution in [0.15, 0.2) is 0 Å². The summed E-state index contributed by atoms with van der Waals surface area (Å²) in [7, 11) is 0. The third kappa shape index (κ3) is 4.24. The lowest BCUT2D eigenvalue weighted by Gasteiger charge is -2.36. The summed E-state index contributed by atoms with van der Waals surface area (Å²) in [4.78, 5) is 2.59. The number of rotatable bonds is 5. The molecule has 2 heteroatoms. The molecule has 0 radical (unpaired) electrons. The van der Waals surface area contributed by atoms with Crippen LogP contribution >= 0.6 is 0 Å². The first kappa shape index (κ1) is 14.3. The van der Waals surface area contributed by atoms with E-state index in [1.165, 1.54) is 71.0 Å². The number of piperidine rings is 1. The van der Waals surface area contributed by atoms with E-state index in [1.54, 1.807) is 0 Å². The van der Waals surface area contributed by atoms with Crippen LogP contribution < -0.4 is 0 Å². The lowest BCUT2D eigenvalue weighted by Crippen LogP contribution is -2.39. The van der Waals surface area contributed by atoms with E-state index in [2.05, 4.69) is 18.7 Å². The molecule has 0 aromatic carbocycles. The highest BCUT2D eigenvalue weighted by Crippen LogP contribution is 2.30. The number of hydrogen-bond donors (Lipinski definition) is 0. The first-order valence-corrected chi connectivity index (χ1v) is 8.19. The van der Waals surface area contributed by atoms with E-state index >= 15 is 0 Å². The molecule has 1 saturated carbocycles. The monoisotopic (exact) mass is 253 g/mol. The summed E-state index contributed by atoms with van der Waals surface area (Å²) in [6.45, 7) is 8.38. The maximum Gasteiger partial charge on any atom is 0.0603 e. The maximum absolute atomic E-state index is 6.32. The van der Waals surface area contributed by atoms with Gasteiger partial charge in [-0.1, -0.05) is 20.3 Å². The molecule has 1 aliphatic heterocycles. The van der Waals surface area contributed by atoms with Gasteiger partial charge in [-0.2, -0.15) is 0 Å². The highest BCUT2D eigenvalue weighted by Gasteiger charge is 2.25. The fraction of sp³-hybridized carbons (Fsp3) is 1.00. The Bertz CT molecular complexity index is 215. The Hall–Kier alpha value is -0.0800. The minimum Gasteiger partial charge on any atom is -0.375 e. The van der Waals surface area contributed by atoms with Gasteiger partial charge in [-0.15, -0.1) is 0 Å². The van der Waals surface area contributed by atoms with Crippen LogP contribution in [0.5, 0.6) is 0 Å². The van der Waals surface area contributed by atoms with E-state index in [9.17, 15) is 0 Å². The van der Waals surface area contributed by atoms with Crippen molar-refractivity contribution < 1.29 is 4.74 Å². The van der Waals surface area contributed by atoms with Crippen LogP contribution in [-0.4, -0.2) is 36.7 Å². The fourth-order valence-electron chi connectivity index (χ4n) is 3.53. The topological polar surface area (TPSA) is 12.5 Å². The quantitative estimate of drug-likeness (QED) is 0.738. The third-order valence-electron chi connectivity index (χ3n) is 4.83. The Morgan fingerprint density at radius 2 is 1.50 bits per heavy atom. The molecule has 1 heterocycles. The molecule has 0 N–H and O–H groups in total. The zero-order valence-electron chi connectivity index (χ0n) is 12.4. The summed E-state index contributed by atoms with van der Waals surface area (Å²) >= 11 is 0. The van der Waals surface area contributed by atoms with Crippen molar-refractivity contribution in [3.05, 3.63) is 0 Å². The Morgan fingerprint density at radius 1 is 0.889 bits per heavy atom. The average molecular weight is 253 g/mol. The molecule has 2 nitrogen and oxygen atoms in total. The number of likely N-dealkylation sites (tertiary alicyclic amines) is 1. The molecule has 0 bridgehead atoms. The Morgan fingerprint density at radius 3 is 2.06 bits per heavy atom. The van der Waals surface area contributed by atoms with Crippen molar-refractivity contribution in [1.82, 2.24) is 4.90 Å². The maximum atomic E-state index is 6.32. The normalized spacial score (nSPS) is 31.7. The summed E-state index contributed by atoms with van der Waals surface area (Å²) in [5, 5.41) is 0. The molecule has 18 heavy (non-hydrogen) atoms. The van der Waals surface area contributed by atoms with Crippen molar-refractivity contribution in [2.45, 2.75) is 77.4 Å². The van der Waals surface area contributed by atoms with E-state index in [1.807, 2.05) is 0 Å². The molecular weight excluding hydrogens is 222 g/mol. The number of ether oxygens (including phenoxy) is 1. The predicted molar refractivity (Wildman–Crippen MR) is 76.9 cm³/mol. The van der Waals surface area contributed by atoms with Gasteiger partial charge in [0.2, 0.25) is 0 Å². The van der Waals surface area contributed by atoms with Crippen molar-refractivity contribution in [3.8, 4) is 0 Å². The number of hydrogen-bond acceptors (Lipinski definition) is 2. The predicted octanol–water partition coefficient (Wildman–Crippen LogP) is 3.85. The lowest BCUT2D eigenvalue weighted by atomic mass is 9.85. The molecule has 0 aromatic rings. The minimum absolute atomic E-state index is 0.557. The van der Waals surface area contributed by atoms with Gasteiger partial charge in [0.25, 0.3) is 0 Å². The van der Waals surface area contributed by atoms with Crippen LogP contribution in [0.1, 0.15) is 65.2 Å². The molecule has 0 unspecified atom stereocenters. The summed E-state index contributed by atoms with van der Waals surface area (Å²) < 4.78 is 6.32. The summed E-state index contributed by atoms with van der Waals surface area (Å²) in [5.74, 6) is 0.983. The van der Waals surface area contributed by atoms with Crippen LogP contribution in [-0.2, 0) is 4.74 Å². The van der Waals surface area contributed by atoms with E-state index in [-0.39, 0.29) is 0 Å². The Balaban J connectivity index is 1.63. The van der Waals surface area contributed by atoms with Crippen LogP contribution in [0, 0.1) is 5.92 Å². The van der Waals surface area contributed by atoms with Crippen molar-refractivity contribution in [2.75, 3.05) is 19.6 Å². The molecule has 0 atom stereocenters. The van der Waals surface area contributed by atoms with Gasteiger partial charge >= 0.3 is 0 Å². The first-order chi connectivity index (χ1) is 8.81. The molecule has 0 aromatic heterocycles. The zero-order valence-corrected chi connectivity index (χ0v) is 12.4. The van der Waals surface area contributed by atoms with E-state index < -0.39 is 0 Å². The Labute approximate surface area is 113 Å². The molecule has 0 spiro atoms. The van der Waals surface area contributed by atoms with Crippen molar-refractivity contribution in [1.29, 1.82) is 0 Å². The average Bonchev–Trinajstić information content (AvgIpc) is 2.42. The molecule has 2 fully saturated rings. The zero-order chi connectivity index (χ0) is 12.8. The second-order valence-electron chi connectivity index (χ2n) is 6.23. The lowest BCUT2D eigenvalue weighted by molar-refractivity contribution is -0.0608. The molecule has 1 saturated heterocycles. The standard InChI is InChI=1S/C16H31NO/c1-3-11-17-12-9-16(10-13-17)18-15-7-5-14(4-2)6-8-15/h14-16H,3-13H2,1-2H3. The highest BCUT2D eigenvalue weighted by atomic mass is 16.5. The van der Waals surface area contributed by atoms with Gasteiger partial charge in [-0.3, -0.25) is 0 Å². The molecule has 1 aliphatic carbocycles. The van der Waals surface area contributed by atoms with Gasteiger partial charge in [-0.25, -0.2) is 0 Å². The van der Waals surface area contributed by atoms with Crippen LogP contribution in [0.25, 0.3) is 0 Å². The Kier molecular flexibility index (Phi) is 5.97. The van der Waals surface area contributed by atoms with Crippen molar-refractivity contribution in [3.63, 3.8) is 0 Å². The largest absolute Gasteiger partial charge is 0.375 e. The fourth-order valence-corrected chi connectivity index (χ4v) is 3.53. The summed E-state index contributed by atoms with van der Waals surface area (Å²) in [5.41, 5.74) is 0. The van der Waals surface area contributed by atoms with Crippen LogP contribution in [0.3, 0.4) is 0 Å². The van der Waals surface area contributed by atoms with Gasteiger partial charge < -0.3 is 9.64 Å². The van der Waals surface area contributed by atoms with E-state index in [0.717, 1.165) is 5.92 Å². The molecule has 106 valence electrons. The number of nitrogens with zero attached hydrogens (tertiary/aromatic N) is 1. The van der Waals surface area contributed by atoms with Gasteiger partial charge in [0.05, 0.1) is 12.2 Å². The minimum atomic E-state index is 0.557. The molecule has 2 aliphatic rings. The van der Waals surface area contributed by atoms with Crippen molar-refractivity contribution in [2.24, 2.45) is 5.92 Å². The third-order valence-corrected chi connectivity index (χ3v) is 4.83. The van der Waals surface area contributed by atoms with Gasteiger partial charge in [0, 0.05) is 13.1 Å². The van der Waals surface area contributed by atoms with Crippen molar-refractivity contribution >= 4 is 0 Å².